The number of nitrogens with zero attached hydrogens (tertiary/aromatic N) is 6. The molecule has 4 rings (SSSR count). The number of halogens is 3. The quantitative estimate of drug-likeness (QED) is 0.696. The van der Waals surface area contributed by atoms with E-state index in [9.17, 15) is 18.0 Å². The van der Waals surface area contributed by atoms with Crippen LogP contribution in [0.15, 0.2) is 10.2 Å². The molecule has 154 valence electrons. The van der Waals surface area contributed by atoms with E-state index in [1.807, 2.05) is 4.90 Å². The molecule has 9 nitrogen and oxygen atoms in total. The molecule has 1 unspecified atom stereocenters. The van der Waals surface area contributed by atoms with Crippen LogP contribution in [0.25, 0.3) is 0 Å². The first kappa shape index (κ1) is 19.3. The Morgan fingerprint density at radius 2 is 2.00 bits per heavy atom. The molecule has 3 aliphatic heterocycles. The van der Waals surface area contributed by atoms with Gasteiger partial charge in [-0.1, -0.05) is 0 Å². The summed E-state index contributed by atoms with van der Waals surface area (Å²) in [6.07, 6.45) is -4.19. The van der Waals surface area contributed by atoms with Crippen molar-refractivity contribution >= 4 is 23.5 Å². The second-order valence-electron chi connectivity index (χ2n) is 6.99. The zero-order chi connectivity index (χ0) is 19.8. The van der Waals surface area contributed by atoms with Gasteiger partial charge in [-0.25, -0.2) is 0 Å². The number of ether oxygens (including phenoxy) is 2. The number of carbonyl (C=O) groups is 1. The summed E-state index contributed by atoms with van der Waals surface area (Å²) in [4.78, 5) is 15.9. The van der Waals surface area contributed by atoms with Gasteiger partial charge < -0.3 is 19.3 Å². The molecular formula is C15H19F3N6O3S. The largest absolute Gasteiger partial charge is 0.464 e. The van der Waals surface area contributed by atoms with Crippen molar-refractivity contribution in [1.29, 1.82) is 0 Å². The predicted molar refractivity (Wildman–Crippen MR) is 91.4 cm³/mol. The van der Waals surface area contributed by atoms with Gasteiger partial charge in [0.05, 0.1) is 24.9 Å². The number of morpholine rings is 1. The number of carbonyl (C=O) groups excluding carboxylic acids is 1. The van der Waals surface area contributed by atoms with Gasteiger partial charge >= 0.3 is 6.18 Å². The number of hydrogen-bond donors (Lipinski definition) is 0. The molecule has 0 aromatic carbocycles. The number of alkyl halides is 3. The first-order valence-corrected chi connectivity index (χ1v) is 9.68. The highest BCUT2D eigenvalue weighted by molar-refractivity contribution is 6.99. The summed E-state index contributed by atoms with van der Waals surface area (Å²) in [5, 5.41) is 6.41. The van der Waals surface area contributed by atoms with Crippen LogP contribution in [0, 0.1) is 5.92 Å². The highest BCUT2D eigenvalue weighted by Crippen LogP contribution is 2.49. The fourth-order valence-electron chi connectivity index (χ4n) is 3.46. The smallest absolute Gasteiger partial charge is 0.437 e. The van der Waals surface area contributed by atoms with Gasteiger partial charge in [-0.3, -0.25) is 4.79 Å². The van der Waals surface area contributed by atoms with Crippen molar-refractivity contribution in [3.63, 3.8) is 0 Å². The minimum atomic E-state index is -4.47. The Labute approximate surface area is 162 Å². The molecule has 2 saturated heterocycles. The average Bonchev–Trinajstić information content (AvgIpc) is 3.11. The van der Waals surface area contributed by atoms with Crippen molar-refractivity contribution in [2.45, 2.75) is 24.7 Å². The molecule has 28 heavy (non-hydrogen) atoms. The molecule has 1 atom stereocenters. The van der Waals surface area contributed by atoms with Gasteiger partial charge in [-0.05, 0) is 12.3 Å². The number of likely N-dealkylation sites (tertiary alicyclic amines) is 1. The minimum absolute atomic E-state index is 0.210. The summed E-state index contributed by atoms with van der Waals surface area (Å²) in [6.45, 7) is 2.92. The molecule has 0 bridgehead atoms. The molecule has 0 aliphatic carbocycles. The Hall–Kier alpha value is -2.02. The molecule has 0 spiro atoms. The summed E-state index contributed by atoms with van der Waals surface area (Å²) in [6, 6.07) is 0. The van der Waals surface area contributed by atoms with Gasteiger partial charge in [0, 0.05) is 32.6 Å². The fraction of sp³-hybridized carbons (Fsp3) is 0.800. The lowest BCUT2D eigenvalue weighted by Crippen LogP contribution is -2.37. The molecule has 13 heteroatoms. The number of amides is 1. The zero-order valence-corrected chi connectivity index (χ0v) is 15.7. The van der Waals surface area contributed by atoms with E-state index in [4.69, 9.17) is 9.47 Å². The molecular weight excluding hydrogens is 401 g/mol. The van der Waals surface area contributed by atoms with Crippen LogP contribution >= 0.6 is 11.7 Å². The first-order chi connectivity index (χ1) is 13.4. The minimum Gasteiger partial charge on any atom is -0.464 e. The van der Waals surface area contributed by atoms with Crippen LogP contribution in [-0.2, 0) is 9.53 Å². The normalized spacial score (nSPS) is 23.9. The number of aromatic nitrogens is 2. The summed E-state index contributed by atoms with van der Waals surface area (Å²) >= 11 is 1.000. The highest BCUT2D eigenvalue weighted by Gasteiger charge is 2.64. The van der Waals surface area contributed by atoms with E-state index < -0.39 is 11.8 Å². The molecule has 1 aromatic rings. The molecule has 0 N–H and O–H groups in total. The van der Waals surface area contributed by atoms with Crippen molar-refractivity contribution in [3.8, 4) is 5.88 Å². The topological polar surface area (TPSA) is 92.5 Å². The van der Waals surface area contributed by atoms with Gasteiger partial charge in [0.15, 0.2) is 6.61 Å². The van der Waals surface area contributed by atoms with Crippen LogP contribution in [0.2, 0.25) is 0 Å². The van der Waals surface area contributed by atoms with Crippen LogP contribution < -0.4 is 9.64 Å². The van der Waals surface area contributed by atoms with Crippen LogP contribution in [0.3, 0.4) is 0 Å². The third-order valence-corrected chi connectivity index (χ3v) is 5.59. The lowest BCUT2D eigenvalue weighted by Gasteiger charge is -2.26. The summed E-state index contributed by atoms with van der Waals surface area (Å²) in [7, 11) is 0. The lowest BCUT2D eigenvalue weighted by atomic mass is 9.96. The summed E-state index contributed by atoms with van der Waals surface area (Å²) in [5.74, 6) is 0.312. The first-order valence-electron chi connectivity index (χ1n) is 8.94. The van der Waals surface area contributed by atoms with Crippen LogP contribution in [-0.4, -0.2) is 77.4 Å². The molecule has 0 saturated carbocycles. The molecule has 4 heterocycles. The van der Waals surface area contributed by atoms with E-state index in [1.54, 1.807) is 0 Å². The monoisotopic (exact) mass is 420 g/mol. The van der Waals surface area contributed by atoms with E-state index in [0.717, 1.165) is 11.7 Å². The maximum atomic E-state index is 13.0. The average molecular weight is 420 g/mol. The third kappa shape index (κ3) is 3.90. The van der Waals surface area contributed by atoms with Gasteiger partial charge in [-0.15, -0.1) is 14.6 Å². The molecule has 3 aliphatic rings. The molecule has 1 aromatic heterocycles. The van der Waals surface area contributed by atoms with E-state index in [-0.39, 0.29) is 31.4 Å². The van der Waals surface area contributed by atoms with Crippen LogP contribution in [0.4, 0.5) is 19.0 Å². The molecule has 1 amide bonds. The molecule has 0 radical (unpaired) electrons. The summed E-state index contributed by atoms with van der Waals surface area (Å²) in [5.41, 5.74) is -2.26. The van der Waals surface area contributed by atoms with E-state index >= 15 is 0 Å². The number of anilines is 1. The second kappa shape index (κ2) is 7.43. The molecule has 2 fully saturated rings. The Morgan fingerprint density at radius 1 is 1.25 bits per heavy atom. The number of rotatable bonds is 6. The Bertz CT molecular complexity index is 746. The number of hydrogen-bond acceptors (Lipinski definition) is 9. The SMILES string of the molecule is O=C(COc1nsnc1N1CCOCC1)N1CCC(CC2(C(F)(F)F)N=N2)C1. The van der Waals surface area contributed by atoms with E-state index in [2.05, 4.69) is 19.0 Å². The lowest BCUT2D eigenvalue weighted by molar-refractivity contribution is -0.167. The van der Waals surface area contributed by atoms with Crippen LogP contribution in [0.1, 0.15) is 12.8 Å². The van der Waals surface area contributed by atoms with E-state index in [1.165, 1.54) is 4.90 Å². The Balaban J connectivity index is 1.27. The van der Waals surface area contributed by atoms with E-state index in [0.29, 0.717) is 51.0 Å². The van der Waals surface area contributed by atoms with Gasteiger partial charge in [0.25, 0.3) is 17.5 Å². The fourth-order valence-corrected chi connectivity index (χ4v) is 3.98. The maximum Gasteiger partial charge on any atom is 0.437 e. The van der Waals surface area contributed by atoms with Gasteiger partial charge in [0.2, 0.25) is 5.82 Å². The van der Waals surface area contributed by atoms with Gasteiger partial charge in [-0.2, -0.15) is 17.5 Å². The standard InChI is InChI=1S/C15H19F3N6O3S/c16-15(17,18)14(21-22-14)7-10-1-2-24(8-10)11(25)9-27-13-12(19-28-20-13)23-3-5-26-6-4-23/h10H,1-9H2. The van der Waals surface area contributed by atoms with Crippen molar-refractivity contribution in [3.05, 3.63) is 0 Å². The third-order valence-electron chi connectivity index (χ3n) is 5.09. The van der Waals surface area contributed by atoms with Crippen molar-refractivity contribution in [1.82, 2.24) is 13.6 Å². The van der Waals surface area contributed by atoms with Crippen LogP contribution in [0.5, 0.6) is 5.88 Å². The van der Waals surface area contributed by atoms with Crippen molar-refractivity contribution in [2.24, 2.45) is 16.1 Å². The predicted octanol–water partition coefficient (Wildman–Crippen LogP) is 1.72. The van der Waals surface area contributed by atoms with Crippen molar-refractivity contribution in [2.75, 3.05) is 50.9 Å². The second-order valence-corrected chi connectivity index (χ2v) is 7.52. The zero-order valence-electron chi connectivity index (χ0n) is 14.9. The Morgan fingerprint density at radius 3 is 2.68 bits per heavy atom. The Kier molecular flexibility index (Phi) is 5.12. The maximum absolute atomic E-state index is 13.0. The summed E-state index contributed by atoms with van der Waals surface area (Å²) < 4.78 is 58.1. The van der Waals surface area contributed by atoms with Gasteiger partial charge in [0.1, 0.15) is 0 Å². The van der Waals surface area contributed by atoms with Crippen molar-refractivity contribution < 1.29 is 27.4 Å². The highest BCUT2D eigenvalue weighted by atomic mass is 32.1.